The number of anilines is 1. The van der Waals surface area contributed by atoms with Crippen LogP contribution in [-0.2, 0) is 20.0 Å². The van der Waals surface area contributed by atoms with Crippen molar-refractivity contribution in [2.75, 3.05) is 24.8 Å². The SMILES string of the molecule is CS(=O)(=O)NCCNS(=O)(=O)c1cccnc1NN. The fraction of sp³-hybridized carbons (Fsp3) is 0.375. The minimum Gasteiger partial charge on any atom is -0.307 e. The molecule has 19 heavy (non-hydrogen) atoms. The predicted molar refractivity (Wildman–Crippen MR) is 70.1 cm³/mol. The minimum atomic E-state index is -3.81. The molecule has 0 bridgehead atoms. The van der Waals surface area contributed by atoms with Crippen LogP contribution in [0.25, 0.3) is 0 Å². The van der Waals surface area contributed by atoms with Crippen molar-refractivity contribution in [1.29, 1.82) is 0 Å². The molecule has 0 aliphatic carbocycles. The first kappa shape index (κ1) is 15.8. The third kappa shape index (κ3) is 5.08. The maximum absolute atomic E-state index is 11.9. The van der Waals surface area contributed by atoms with E-state index in [1.165, 1.54) is 18.3 Å². The normalized spacial score (nSPS) is 12.3. The summed E-state index contributed by atoms with van der Waals surface area (Å²) in [4.78, 5) is 3.65. The molecule has 9 nitrogen and oxygen atoms in total. The molecular formula is C8H15N5O4S2. The van der Waals surface area contributed by atoms with Gasteiger partial charge in [-0.2, -0.15) is 0 Å². The Kier molecular flexibility index (Phi) is 5.20. The maximum atomic E-state index is 11.9. The number of nitrogens with zero attached hydrogens (tertiary/aromatic N) is 1. The lowest BCUT2D eigenvalue weighted by molar-refractivity contribution is 0.573. The van der Waals surface area contributed by atoms with Gasteiger partial charge in [-0.1, -0.05) is 0 Å². The lowest BCUT2D eigenvalue weighted by Crippen LogP contribution is -2.34. The van der Waals surface area contributed by atoms with E-state index < -0.39 is 20.0 Å². The number of pyridine rings is 1. The van der Waals surface area contributed by atoms with E-state index in [1.807, 2.05) is 0 Å². The Morgan fingerprint density at radius 1 is 1.21 bits per heavy atom. The van der Waals surface area contributed by atoms with Crippen molar-refractivity contribution in [2.45, 2.75) is 4.90 Å². The highest BCUT2D eigenvalue weighted by Gasteiger charge is 2.18. The molecule has 1 aromatic heterocycles. The first-order chi connectivity index (χ1) is 8.76. The van der Waals surface area contributed by atoms with Gasteiger partial charge in [-0.05, 0) is 12.1 Å². The van der Waals surface area contributed by atoms with Crippen LogP contribution in [-0.4, -0.2) is 41.2 Å². The van der Waals surface area contributed by atoms with Gasteiger partial charge in [-0.3, -0.25) is 0 Å². The first-order valence-corrected chi connectivity index (χ1v) is 8.49. The Hall–Kier alpha value is -1.27. The fourth-order valence-corrected chi connectivity index (χ4v) is 2.84. The molecule has 0 saturated carbocycles. The van der Waals surface area contributed by atoms with Crippen LogP contribution in [0.3, 0.4) is 0 Å². The van der Waals surface area contributed by atoms with Gasteiger partial charge in [0.05, 0.1) is 6.26 Å². The van der Waals surface area contributed by atoms with Crippen molar-refractivity contribution in [3.05, 3.63) is 18.3 Å². The molecule has 0 aromatic carbocycles. The van der Waals surface area contributed by atoms with Gasteiger partial charge in [0, 0.05) is 19.3 Å². The number of hydrogen-bond donors (Lipinski definition) is 4. The molecule has 0 spiro atoms. The van der Waals surface area contributed by atoms with E-state index in [-0.39, 0.29) is 23.8 Å². The van der Waals surface area contributed by atoms with Crippen molar-refractivity contribution in [1.82, 2.24) is 14.4 Å². The Balaban J connectivity index is 2.71. The van der Waals surface area contributed by atoms with Gasteiger partial charge in [0.2, 0.25) is 20.0 Å². The lowest BCUT2D eigenvalue weighted by Gasteiger charge is -2.09. The first-order valence-electron chi connectivity index (χ1n) is 5.12. The highest BCUT2D eigenvalue weighted by atomic mass is 32.2. The van der Waals surface area contributed by atoms with Crippen LogP contribution in [0.15, 0.2) is 23.2 Å². The number of hydrazine groups is 1. The van der Waals surface area contributed by atoms with Crippen LogP contribution >= 0.6 is 0 Å². The summed E-state index contributed by atoms with van der Waals surface area (Å²) in [6, 6.07) is 2.78. The molecule has 0 fully saturated rings. The van der Waals surface area contributed by atoms with Crippen LogP contribution in [0.5, 0.6) is 0 Å². The van der Waals surface area contributed by atoms with E-state index in [0.717, 1.165) is 6.26 Å². The molecule has 1 aromatic rings. The quantitative estimate of drug-likeness (QED) is 0.264. The van der Waals surface area contributed by atoms with Crippen LogP contribution < -0.4 is 20.7 Å². The molecule has 1 rings (SSSR count). The number of nitrogens with two attached hydrogens (primary N) is 1. The smallest absolute Gasteiger partial charge is 0.244 e. The topological polar surface area (TPSA) is 143 Å². The molecule has 0 radical (unpaired) electrons. The van der Waals surface area contributed by atoms with E-state index in [0.29, 0.717) is 0 Å². The Morgan fingerprint density at radius 3 is 2.42 bits per heavy atom. The molecule has 0 unspecified atom stereocenters. The van der Waals surface area contributed by atoms with Crippen molar-refractivity contribution >= 4 is 25.9 Å². The maximum Gasteiger partial charge on any atom is 0.244 e. The van der Waals surface area contributed by atoms with Gasteiger partial charge in [0.15, 0.2) is 5.82 Å². The zero-order valence-electron chi connectivity index (χ0n) is 10.1. The number of hydrogen-bond acceptors (Lipinski definition) is 7. The number of sulfonamides is 2. The van der Waals surface area contributed by atoms with Crippen molar-refractivity contribution < 1.29 is 16.8 Å². The van der Waals surface area contributed by atoms with Crippen LogP contribution in [0.4, 0.5) is 5.82 Å². The summed E-state index contributed by atoms with van der Waals surface area (Å²) in [5, 5.41) is 0. The summed E-state index contributed by atoms with van der Waals surface area (Å²) >= 11 is 0. The van der Waals surface area contributed by atoms with Gasteiger partial charge in [0.1, 0.15) is 4.90 Å². The van der Waals surface area contributed by atoms with Crippen molar-refractivity contribution in [3.8, 4) is 0 Å². The second-order valence-electron chi connectivity index (χ2n) is 3.56. The molecule has 5 N–H and O–H groups in total. The Labute approximate surface area is 111 Å². The number of nitrogen functional groups attached to an aromatic ring is 1. The van der Waals surface area contributed by atoms with Gasteiger partial charge in [-0.15, -0.1) is 0 Å². The second-order valence-corrected chi connectivity index (χ2v) is 7.13. The molecule has 0 saturated heterocycles. The highest BCUT2D eigenvalue weighted by molar-refractivity contribution is 7.89. The molecule has 11 heteroatoms. The van der Waals surface area contributed by atoms with E-state index in [9.17, 15) is 16.8 Å². The molecule has 1 heterocycles. The van der Waals surface area contributed by atoms with Crippen molar-refractivity contribution in [3.63, 3.8) is 0 Å². The molecule has 0 aliphatic rings. The third-order valence-corrected chi connectivity index (χ3v) is 4.20. The average Bonchev–Trinajstić information content (AvgIpc) is 2.33. The van der Waals surface area contributed by atoms with Gasteiger partial charge >= 0.3 is 0 Å². The summed E-state index contributed by atoms with van der Waals surface area (Å²) in [6.07, 6.45) is 2.37. The molecule has 108 valence electrons. The summed E-state index contributed by atoms with van der Waals surface area (Å²) in [5.41, 5.74) is 2.17. The molecule has 0 amide bonds. The monoisotopic (exact) mass is 309 g/mol. The number of aromatic nitrogens is 1. The van der Waals surface area contributed by atoms with Crippen LogP contribution in [0, 0.1) is 0 Å². The van der Waals surface area contributed by atoms with E-state index in [1.54, 1.807) is 0 Å². The molecule has 0 aliphatic heterocycles. The number of nitrogens with one attached hydrogen (secondary N) is 3. The fourth-order valence-electron chi connectivity index (χ4n) is 1.22. The van der Waals surface area contributed by atoms with Crippen LogP contribution in [0.1, 0.15) is 0 Å². The van der Waals surface area contributed by atoms with Gasteiger partial charge in [-0.25, -0.2) is 37.1 Å². The lowest BCUT2D eigenvalue weighted by atomic mass is 10.5. The zero-order valence-corrected chi connectivity index (χ0v) is 11.8. The molecule has 0 atom stereocenters. The Morgan fingerprint density at radius 2 is 1.84 bits per heavy atom. The van der Waals surface area contributed by atoms with Crippen LogP contribution in [0.2, 0.25) is 0 Å². The molecular weight excluding hydrogens is 294 g/mol. The Bertz CT molecular complexity index is 628. The van der Waals surface area contributed by atoms with Gasteiger partial charge < -0.3 is 5.43 Å². The predicted octanol–water partition coefficient (Wildman–Crippen LogP) is -1.81. The highest BCUT2D eigenvalue weighted by Crippen LogP contribution is 2.15. The number of rotatable bonds is 7. The van der Waals surface area contributed by atoms with Gasteiger partial charge in [0.25, 0.3) is 0 Å². The van der Waals surface area contributed by atoms with Crippen molar-refractivity contribution in [2.24, 2.45) is 5.84 Å². The summed E-state index contributed by atoms with van der Waals surface area (Å²) in [7, 11) is -7.16. The van der Waals surface area contributed by atoms with E-state index in [4.69, 9.17) is 5.84 Å². The third-order valence-electron chi connectivity index (χ3n) is 1.98. The average molecular weight is 309 g/mol. The largest absolute Gasteiger partial charge is 0.307 e. The van der Waals surface area contributed by atoms with E-state index >= 15 is 0 Å². The second kappa shape index (κ2) is 6.25. The summed E-state index contributed by atoms with van der Waals surface area (Å²) in [6.45, 7) is -0.141. The summed E-state index contributed by atoms with van der Waals surface area (Å²) in [5.74, 6) is 5.17. The minimum absolute atomic E-state index is 0.00562. The standard InChI is InChI=1S/C8H15N5O4S2/c1-18(14,15)11-5-6-12-19(16,17)7-3-2-4-10-8(7)13-9/h2-4,11-12H,5-6,9H2,1H3,(H,10,13). The van der Waals surface area contributed by atoms with E-state index in [2.05, 4.69) is 19.9 Å². The summed E-state index contributed by atoms with van der Waals surface area (Å²) < 4.78 is 49.8. The zero-order chi connectivity index (χ0) is 14.5.